The van der Waals surface area contributed by atoms with E-state index in [4.69, 9.17) is 10.8 Å². The molecule has 1 aromatic rings. The van der Waals surface area contributed by atoms with E-state index >= 15 is 0 Å². The number of nitrogens with zero attached hydrogens (tertiary/aromatic N) is 2. The van der Waals surface area contributed by atoms with Gasteiger partial charge in [0.1, 0.15) is 0 Å². The van der Waals surface area contributed by atoms with E-state index in [0.717, 1.165) is 15.7 Å². The molecule has 1 aromatic heterocycles. The Kier molecular flexibility index (Phi) is 3.86. The van der Waals surface area contributed by atoms with Gasteiger partial charge in [0, 0.05) is 31.6 Å². The Morgan fingerprint density at radius 3 is 2.64 bits per heavy atom. The number of aliphatic hydroxyl groups excluding tert-OH is 1. The predicted octanol–water partition coefficient (Wildman–Crippen LogP) is 0.900. The van der Waals surface area contributed by atoms with Crippen molar-refractivity contribution in [3.8, 4) is 0 Å². The Hall–Kier alpha value is -0.650. The third kappa shape index (κ3) is 2.43. The van der Waals surface area contributed by atoms with Crippen molar-refractivity contribution in [2.24, 2.45) is 5.73 Å². The van der Waals surface area contributed by atoms with Crippen molar-refractivity contribution < 1.29 is 5.11 Å². The van der Waals surface area contributed by atoms with E-state index in [-0.39, 0.29) is 12.6 Å². The molecule has 1 rings (SSSR count). The van der Waals surface area contributed by atoms with Crippen molar-refractivity contribution in [1.82, 2.24) is 4.98 Å². The molecule has 80 valence electrons. The average molecular weight is 215 g/mol. The number of nitrogens with two attached hydrogens (primary N) is 1. The highest BCUT2D eigenvalue weighted by atomic mass is 32.1. The van der Waals surface area contributed by atoms with Gasteiger partial charge in [0.15, 0.2) is 5.13 Å². The first kappa shape index (κ1) is 11.4. The molecule has 0 fully saturated rings. The van der Waals surface area contributed by atoms with Crippen LogP contribution in [0.25, 0.3) is 0 Å². The Bertz CT molecular complexity index is 298. The second-order valence-corrected chi connectivity index (χ2v) is 4.47. The monoisotopic (exact) mass is 215 g/mol. The lowest BCUT2D eigenvalue weighted by Gasteiger charge is -2.08. The zero-order chi connectivity index (χ0) is 10.7. The molecular formula is C9H17N3OS. The molecule has 1 heterocycles. The van der Waals surface area contributed by atoms with E-state index in [1.807, 2.05) is 25.9 Å². The van der Waals surface area contributed by atoms with Gasteiger partial charge >= 0.3 is 0 Å². The summed E-state index contributed by atoms with van der Waals surface area (Å²) in [5.41, 5.74) is 6.88. The molecule has 5 heteroatoms. The first-order chi connectivity index (χ1) is 6.56. The van der Waals surface area contributed by atoms with E-state index in [0.29, 0.717) is 6.42 Å². The van der Waals surface area contributed by atoms with Crippen molar-refractivity contribution in [2.45, 2.75) is 19.4 Å². The minimum Gasteiger partial charge on any atom is -0.396 e. The largest absolute Gasteiger partial charge is 0.396 e. The van der Waals surface area contributed by atoms with Crippen molar-refractivity contribution in [1.29, 1.82) is 0 Å². The molecule has 0 bridgehead atoms. The van der Waals surface area contributed by atoms with Crippen LogP contribution in [0.4, 0.5) is 5.13 Å². The third-order valence-corrected chi connectivity index (χ3v) is 3.44. The van der Waals surface area contributed by atoms with Crippen LogP contribution >= 0.6 is 11.3 Å². The van der Waals surface area contributed by atoms with Gasteiger partial charge in [-0.05, 0) is 13.3 Å². The molecule has 0 aromatic carbocycles. The SMILES string of the molecule is Cc1nc(N(C)C)sc1C(N)CCO. The van der Waals surface area contributed by atoms with Gasteiger partial charge in [0.2, 0.25) is 0 Å². The molecule has 4 nitrogen and oxygen atoms in total. The molecule has 0 radical (unpaired) electrons. The summed E-state index contributed by atoms with van der Waals surface area (Å²) < 4.78 is 0. The van der Waals surface area contributed by atoms with Crippen LogP contribution in [0.3, 0.4) is 0 Å². The van der Waals surface area contributed by atoms with Gasteiger partial charge in [-0.2, -0.15) is 0 Å². The number of anilines is 1. The van der Waals surface area contributed by atoms with Crippen molar-refractivity contribution >= 4 is 16.5 Å². The molecule has 0 aliphatic carbocycles. The zero-order valence-corrected chi connectivity index (χ0v) is 9.64. The van der Waals surface area contributed by atoms with Crippen LogP contribution in [0, 0.1) is 6.92 Å². The number of thiazole rings is 1. The molecular weight excluding hydrogens is 198 g/mol. The number of aryl methyl sites for hydroxylation is 1. The fraction of sp³-hybridized carbons (Fsp3) is 0.667. The highest BCUT2D eigenvalue weighted by Crippen LogP contribution is 2.29. The number of hydrogen-bond acceptors (Lipinski definition) is 5. The summed E-state index contributed by atoms with van der Waals surface area (Å²) in [4.78, 5) is 7.43. The summed E-state index contributed by atoms with van der Waals surface area (Å²) in [6.45, 7) is 2.08. The number of aliphatic hydroxyl groups is 1. The fourth-order valence-corrected chi connectivity index (χ4v) is 2.22. The summed E-state index contributed by atoms with van der Waals surface area (Å²) in [7, 11) is 3.92. The standard InChI is InChI=1S/C9H17N3OS/c1-6-8(7(10)4-5-13)14-9(11-6)12(2)3/h7,13H,4-5,10H2,1-3H3. The van der Waals surface area contributed by atoms with Crippen LogP contribution in [0.2, 0.25) is 0 Å². The van der Waals surface area contributed by atoms with Gasteiger partial charge < -0.3 is 15.7 Å². The predicted molar refractivity (Wildman–Crippen MR) is 59.8 cm³/mol. The van der Waals surface area contributed by atoms with Crippen LogP contribution in [0.1, 0.15) is 23.0 Å². The third-order valence-electron chi connectivity index (χ3n) is 1.98. The molecule has 0 saturated heterocycles. The quantitative estimate of drug-likeness (QED) is 0.783. The van der Waals surface area contributed by atoms with Crippen LogP contribution in [0.15, 0.2) is 0 Å². The molecule has 1 atom stereocenters. The molecule has 3 N–H and O–H groups in total. The summed E-state index contributed by atoms with van der Waals surface area (Å²) in [6.07, 6.45) is 0.593. The Morgan fingerprint density at radius 2 is 2.21 bits per heavy atom. The van der Waals surface area contributed by atoms with Crippen molar-refractivity contribution in [3.05, 3.63) is 10.6 Å². The minimum absolute atomic E-state index is 0.0915. The Morgan fingerprint density at radius 1 is 1.57 bits per heavy atom. The summed E-state index contributed by atoms with van der Waals surface area (Å²) >= 11 is 1.59. The lowest BCUT2D eigenvalue weighted by Crippen LogP contribution is -2.11. The molecule has 0 aliphatic heterocycles. The second kappa shape index (κ2) is 4.72. The highest BCUT2D eigenvalue weighted by molar-refractivity contribution is 7.15. The van der Waals surface area contributed by atoms with Gasteiger partial charge in [-0.25, -0.2) is 4.98 Å². The van der Waals surface area contributed by atoms with E-state index in [1.54, 1.807) is 11.3 Å². The van der Waals surface area contributed by atoms with Gasteiger partial charge in [0.05, 0.1) is 5.69 Å². The number of aromatic nitrogens is 1. The molecule has 0 aliphatic rings. The summed E-state index contributed by atoms with van der Waals surface area (Å²) in [5, 5.41) is 9.76. The molecule has 0 spiro atoms. The van der Waals surface area contributed by atoms with Crippen LogP contribution in [-0.4, -0.2) is 30.8 Å². The lowest BCUT2D eigenvalue weighted by molar-refractivity contribution is 0.277. The van der Waals surface area contributed by atoms with Gasteiger partial charge in [0.25, 0.3) is 0 Å². The van der Waals surface area contributed by atoms with Crippen LogP contribution in [-0.2, 0) is 0 Å². The summed E-state index contributed by atoms with van der Waals surface area (Å²) in [5.74, 6) is 0. The first-order valence-electron chi connectivity index (χ1n) is 4.57. The zero-order valence-electron chi connectivity index (χ0n) is 8.82. The topological polar surface area (TPSA) is 62.4 Å². The average Bonchev–Trinajstić information content (AvgIpc) is 2.48. The van der Waals surface area contributed by atoms with E-state index in [2.05, 4.69) is 4.98 Å². The van der Waals surface area contributed by atoms with Gasteiger partial charge in [-0.15, -0.1) is 11.3 Å². The van der Waals surface area contributed by atoms with E-state index in [9.17, 15) is 0 Å². The fourth-order valence-electron chi connectivity index (χ4n) is 1.20. The van der Waals surface area contributed by atoms with E-state index in [1.165, 1.54) is 0 Å². The van der Waals surface area contributed by atoms with Crippen LogP contribution < -0.4 is 10.6 Å². The smallest absolute Gasteiger partial charge is 0.185 e. The van der Waals surface area contributed by atoms with Crippen LogP contribution in [0.5, 0.6) is 0 Å². The normalized spacial score (nSPS) is 12.9. The maximum Gasteiger partial charge on any atom is 0.185 e. The Balaban J connectivity index is 2.86. The molecule has 14 heavy (non-hydrogen) atoms. The maximum atomic E-state index is 8.80. The Labute approximate surface area is 88.4 Å². The maximum absolute atomic E-state index is 8.80. The highest BCUT2D eigenvalue weighted by Gasteiger charge is 2.14. The summed E-state index contributed by atoms with van der Waals surface area (Å²) in [6, 6.07) is -0.0915. The van der Waals surface area contributed by atoms with Gasteiger partial charge in [-0.1, -0.05) is 0 Å². The molecule has 1 unspecified atom stereocenters. The first-order valence-corrected chi connectivity index (χ1v) is 5.39. The lowest BCUT2D eigenvalue weighted by atomic mass is 10.2. The van der Waals surface area contributed by atoms with Crippen molar-refractivity contribution in [2.75, 3.05) is 25.6 Å². The van der Waals surface area contributed by atoms with E-state index < -0.39 is 0 Å². The number of hydrogen-bond donors (Lipinski definition) is 2. The molecule has 0 amide bonds. The van der Waals surface area contributed by atoms with Gasteiger partial charge in [-0.3, -0.25) is 0 Å². The molecule has 0 saturated carbocycles. The second-order valence-electron chi connectivity index (χ2n) is 3.46. The number of rotatable bonds is 4. The van der Waals surface area contributed by atoms with Crippen molar-refractivity contribution in [3.63, 3.8) is 0 Å². The minimum atomic E-state index is -0.0915.